The van der Waals surface area contributed by atoms with Crippen LogP contribution in [0, 0.1) is 6.92 Å². The Balaban J connectivity index is 2.02. The molecule has 0 saturated heterocycles. The van der Waals surface area contributed by atoms with Crippen molar-refractivity contribution in [2.45, 2.75) is 6.92 Å². The molecule has 0 aliphatic carbocycles. The second-order valence-electron chi connectivity index (χ2n) is 5.89. The average Bonchev–Trinajstić information content (AvgIpc) is 2.65. The highest BCUT2D eigenvalue weighted by atomic mass is 35.5. The summed E-state index contributed by atoms with van der Waals surface area (Å²) in [5.41, 5.74) is 2.80. The van der Waals surface area contributed by atoms with Crippen molar-refractivity contribution >= 4 is 34.1 Å². The fraction of sp³-hybridized carbons (Fsp3) is 0.0500. The number of nitrogens with zero attached hydrogens (tertiary/aromatic N) is 3. The summed E-state index contributed by atoms with van der Waals surface area (Å²) < 4.78 is 1.54. The lowest BCUT2D eigenvalue weighted by atomic mass is 10.2. The molecule has 128 valence electrons. The number of rotatable bonds is 3. The minimum atomic E-state index is -0.202. The second-order valence-corrected chi connectivity index (χ2v) is 6.33. The lowest BCUT2D eigenvalue weighted by Crippen LogP contribution is -2.23. The van der Waals surface area contributed by atoms with Gasteiger partial charge in [0.1, 0.15) is 0 Å². The van der Waals surface area contributed by atoms with Crippen LogP contribution in [0.5, 0.6) is 0 Å². The third kappa shape index (κ3) is 2.93. The number of aryl methyl sites for hydroxylation is 1. The van der Waals surface area contributed by atoms with E-state index in [9.17, 15) is 4.79 Å². The molecule has 2 aromatic carbocycles. The Bertz CT molecular complexity index is 1160. The zero-order valence-electron chi connectivity index (χ0n) is 14.0. The Morgan fingerprint density at radius 1 is 1.08 bits per heavy atom. The number of anilines is 2. The molecule has 0 fully saturated rings. The molecular formula is C20H15ClN4O. The van der Waals surface area contributed by atoms with E-state index in [4.69, 9.17) is 11.6 Å². The van der Waals surface area contributed by atoms with Gasteiger partial charge in [0, 0.05) is 16.9 Å². The van der Waals surface area contributed by atoms with Gasteiger partial charge in [0.2, 0.25) is 5.95 Å². The number of fused-ring (bicyclic) bond motifs is 1. The summed E-state index contributed by atoms with van der Waals surface area (Å²) >= 11 is 6.09. The maximum atomic E-state index is 13.2. The van der Waals surface area contributed by atoms with E-state index in [0.29, 0.717) is 27.6 Å². The van der Waals surface area contributed by atoms with Crippen molar-refractivity contribution in [3.63, 3.8) is 0 Å². The van der Waals surface area contributed by atoms with Gasteiger partial charge < -0.3 is 5.32 Å². The third-order valence-electron chi connectivity index (χ3n) is 4.11. The van der Waals surface area contributed by atoms with Gasteiger partial charge in [-0.2, -0.15) is 0 Å². The monoisotopic (exact) mass is 362 g/mol. The Hall–Kier alpha value is -3.18. The lowest BCUT2D eigenvalue weighted by Gasteiger charge is -2.16. The van der Waals surface area contributed by atoms with Crippen molar-refractivity contribution in [3.8, 4) is 5.69 Å². The fourth-order valence-electron chi connectivity index (χ4n) is 2.81. The summed E-state index contributed by atoms with van der Waals surface area (Å²) in [6, 6.07) is 16.6. The first kappa shape index (κ1) is 16.3. The standard InChI is InChI=1S/C20H15ClN4O/c1-13-9-10-22-12-18(13)25-19(26)16-11-14(21)7-8-17(16)24-20(25)23-15-5-3-2-4-6-15/h2-12H,1H3,(H,23,24). The summed E-state index contributed by atoms with van der Waals surface area (Å²) in [5.74, 6) is 0.423. The van der Waals surface area contributed by atoms with Crippen LogP contribution < -0.4 is 10.9 Å². The third-order valence-corrected chi connectivity index (χ3v) is 4.35. The van der Waals surface area contributed by atoms with Crippen LogP contribution in [-0.4, -0.2) is 14.5 Å². The van der Waals surface area contributed by atoms with Crippen molar-refractivity contribution in [1.82, 2.24) is 14.5 Å². The number of benzene rings is 2. The Kier molecular flexibility index (Phi) is 4.14. The van der Waals surface area contributed by atoms with Gasteiger partial charge >= 0.3 is 0 Å². The number of hydrogen-bond acceptors (Lipinski definition) is 4. The minimum absolute atomic E-state index is 0.202. The fourth-order valence-corrected chi connectivity index (χ4v) is 2.98. The molecule has 5 nitrogen and oxygen atoms in total. The van der Waals surface area contributed by atoms with Gasteiger partial charge in [0.05, 0.1) is 22.8 Å². The van der Waals surface area contributed by atoms with Crippen LogP contribution in [0.3, 0.4) is 0 Å². The van der Waals surface area contributed by atoms with Gasteiger partial charge in [-0.3, -0.25) is 9.78 Å². The maximum Gasteiger partial charge on any atom is 0.267 e. The van der Waals surface area contributed by atoms with Gasteiger partial charge in [-0.05, 0) is 48.9 Å². The van der Waals surface area contributed by atoms with Gasteiger partial charge in [-0.25, -0.2) is 9.55 Å². The first-order chi connectivity index (χ1) is 12.6. The Labute approximate surface area is 154 Å². The van der Waals surface area contributed by atoms with E-state index in [0.717, 1.165) is 11.3 Å². The zero-order chi connectivity index (χ0) is 18.1. The van der Waals surface area contributed by atoms with E-state index in [1.54, 1.807) is 30.6 Å². The SMILES string of the molecule is Cc1ccncc1-n1c(Nc2ccccc2)nc2ccc(Cl)cc2c1=O. The molecule has 0 amide bonds. The van der Waals surface area contributed by atoms with Crippen molar-refractivity contribution < 1.29 is 0 Å². The molecule has 0 radical (unpaired) electrons. The van der Waals surface area contributed by atoms with E-state index in [-0.39, 0.29) is 5.56 Å². The summed E-state index contributed by atoms with van der Waals surface area (Å²) in [7, 11) is 0. The first-order valence-electron chi connectivity index (χ1n) is 8.09. The maximum absolute atomic E-state index is 13.2. The Morgan fingerprint density at radius 2 is 1.88 bits per heavy atom. The highest BCUT2D eigenvalue weighted by Crippen LogP contribution is 2.23. The lowest BCUT2D eigenvalue weighted by molar-refractivity contribution is 0.953. The van der Waals surface area contributed by atoms with Crippen molar-refractivity contribution in [1.29, 1.82) is 0 Å². The van der Waals surface area contributed by atoms with Crippen LogP contribution in [0.4, 0.5) is 11.6 Å². The summed E-state index contributed by atoms with van der Waals surface area (Å²) in [4.78, 5) is 22.1. The second kappa shape index (κ2) is 6.61. The predicted molar refractivity (Wildman–Crippen MR) is 105 cm³/mol. The average molecular weight is 363 g/mol. The molecule has 0 bridgehead atoms. The molecule has 26 heavy (non-hydrogen) atoms. The van der Waals surface area contributed by atoms with Crippen molar-refractivity contribution in [2.24, 2.45) is 0 Å². The summed E-state index contributed by atoms with van der Waals surface area (Å²) in [6.45, 7) is 1.93. The molecule has 4 aromatic rings. The summed E-state index contributed by atoms with van der Waals surface area (Å²) in [6.07, 6.45) is 3.35. The molecular weight excluding hydrogens is 348 g/mol. The topological polar surface area (TPSA) is 59.8 Å². The summed E-state index contributed by atoms with van der Waals surface area (Å²) in [5, 5.41) is 4.19. The molecule has 0 aliphatic rings. The number of hydrogen-bond donors (Lipinski definition) is 1. The molecule has 4 rings (SSSR count). The molecule has 2 aromatic heterocycles. The normalized spacial score (nSPS) is 10.8. The molecule has 0 aliphatic heterocycles. The van der Waals surface area contributed by atoms with Crippen molar-refractivity contribution in [3.05, 3.63) is 87.9 Å². The van der Waals surface area contributed by atoms with E-state index in [2.05, 4.69) is 15.3 Å². The number of aromatic nitrogens is 3. The highest BCUT2D eigenvalue weighted by molar-refractivity contribution is 6.31. The smallest absolute Gasteiger partial charge is 0.267 e. The number of halogens is 1. The van der Waals surface area contributed by atoms with Crippen LogP contribution in [0.15, 0.2) is 71.8 Å². The zero-order valence-corrected chi connectivity index (χ0v) is 14.7. The van der Waals surface area contributed by atoms with Crippen LogP contribution >= 0.6 is 11.6 Å². The molecule has 0 atom stereocenters. The van der Waals surface area contributed by atoms with Gasteiger partial charge in [-0.1, -0.05) is 29.8 Å². The van der Waals surface area contributed by atoms with Crippen LogP contribution in [0.25, 0.3) is 16.6 Å². The quantitative estimate of drug-likeness (QED) is 0.583. The molecule has 2 heterocycles. The van der Waals surface area contributed by atoms with Gasteiger partial charge in [0.25, 0.3) is 5.56 Å². The Morgan fingerprint density at radius 3 is 2.65 bits per heavy atom. The number of pyridine rings is 1. The highest BCUT2D eigenvalue weighted by Gasteiger charge is 2.15. The van der Waals surface area contributed by atoms with E-state index in [1.165, 1.54) is 4.57 Å². The van der Waals surface area contributed by atoms with Crippen molar-refractivity contribution in [2.75, 3.05) is 5.32 Å². The number of nitrogens with one attached hydrogen (secondary N) is 1. The van der Waals surface area contributed by atoms with E-state index in [1.807, 2.05) is 43.3 Å². The van der Waals surface area contributed by atoms with Gasteiger partial charge in [0.15, 0.2) is 0 Å². The molecule has 1 N–H and O–H groups in total. The molecule has 6 heteroatoms. The van der Waals surface area contributed by atoms with Crippen LogP contribution in [-0.2, 0) is 0 Å². The molecule has 0 spiro atoms. The molecule has 0 saturated carbocycles. The first-order valence-corrected chi connectivity index (χ1v) is 8.46. The van der Waals surface area contributed by atoms with Crippen LogP contribution in [0.2, 0.25) is 5.02 Å². The minimum Gasteiger partial charge on any atom is -0.325 e. The van der Waals surface area contributed by atoms with E-state index >= 15 is 0 Å². The number of para-hydroxylation sites is 1. The van der Waals surface area contributed by atoms with Crippen LogP contribution in [0.1, 0.15) is 5.56 Å². The largest absolute Gasteiger partial charge is 0.325 e. The predicted octanol–water partition coefficient (Wildman–Crippen LogP) is 4.49. The molecule has 0 unspecified atom stereocenters. The van der Waals surface area contributed by atoms with Gasteiger partial charge in [-0.15, -0.1) is 0 Å². The van der Waals surface area contributed by atoms with E-state index < -0.39 is 0 Å².